The fourth-order valence-corrected chi connectivity index (χ4v) is 3.19. The number of hydrogen-bond acceptors (Lipinski definition) is 6. The van der Waals surface area contributed by atoms with Crippen LogP contribution >= 0.6 is 0 Å². The van der Waals surface area contributed by atoms with E-state index in [4.69, 9.17) is 9.47 Å². The van der Waals surface area contributed by atoms with Gasteiger partial charge in [0.25, 0.3) is 0 Å². The van der Waals surface area contributed by atoms with Gasteiger partial charge in [-0.15, -0.1) is 0 Å². The summed E-state index contributed by atoms with van der Waals surface area (Å²) in [5.41, 5.74) is 1.38. The van der Waals surface area contributed by atoms with E-state index in [0.717, 1.165) is 25.9 Å². The van der Waals surface area contributed by atoms with Crippen molar-refractivity contribution in [2.24, 2.45) is 0 Å². The molecule has 0 spiro atoms. The van der Waals surface area contributed by atoms with Gasteiger partial charge >= 0.3 is 0 Å². The Bertz CT molecular complexity index is 709. The maximum atomic E-state index is 12.3. The van der Waals surface area contributed by atoms with E-state index in [-0.39, 0.29) is 11.9 Å². The Kier molecular flexibility index (Phi) is 6.01. The first-order valence-corrected chi connectivity index (χ1v) is 8.72. The van der Waals surface area contributed by atoms with Crippen LogP contribution in [-0.4, -0.2) is 54.6 Å². The SMILES string of the molecule is COc1cc(OC)nc(NC(=O)CN2CCC(c3ccccc3)CC2)n1. The van der Waals surface area contributed by atoms with Crippen molar-refractivity contribution in [1.82, 2.24) is 14.9 Å². The van der Waals surface area contributed by atoms with Gasteiger partial charge in [-0.25, -0.2) is 0 Å². The Balaban J connectivity index is 1.52. The van der Waals surface area contributed by atoms with E-state index < -0.39 is 0 Å². The highest BCUT2D eigenvalue weighted by atomic mass is 16.5. The Labute approximate surface area is 153 Å². The summed E-state index contributed by atoms with van der Waals surface area (Å²) < 4.78 is 10.2. The summed E-state index contributed by atoms with van der Waals surface area (Å²) in [5.74, 6) is 1.30. The second kappa shape index (κ2) is 8.62. The van der Waals surface area contributed by atoms with Crippen LogP contribution in [0, 0.1) is 0 Å². The van der Waals surface area contributed by atoms with Crippen molar-refractivity contribution < 1.29 is 14.3 Å². The zero-order chi connectivity index (χ0) is 18.4. The quantitative estimate of drug-likeness (QED) is 0.856. The monoisotopic (exact) mass is 356 g/mol. The summed E-state index contributed by atoms with van der Waals surface area (Å²) in [5, 5.41) is 2.72. The molecule has 1 fully saturated rings. The first-order chi connectivity index (χ1) is 12.7. The van der Waals surface area contributed by atoms with E-state index in [1.165, 1.54) is 19.8 Å². The summed E-state index contributed by atoms with van der Waals surface area (Å²) in [7, 11) is 3.01. The zero-order valence-corrected chi connectivity index (χ0v) is 15.1. The molecule has 1 aromatic heterocycles. The van der Waals surface area contributed by atoms with E-state index in [0.29, 0.717) is 24.2 Å². The number of aromatic nitrogens is 2. The molecule has 0 radical (unpaired) electrons. The zero-order valence-electron chi connectivity index (χ0n) is 15.1. The number of likely N-dealkylation sites (tertiary alicyclic amines) is 1. The van der Waals surface area contributed by atoms with Crippen LogP contribution in [-0.2, 0) is 4.79 Å². The highest BCUT2D eigenvalue weighted by molar-refractivity contribution is 5.90. The van der Waals surface area contributed by atoms with Crippen LogP contribution in [0.2, 0.25) is 0 Å². The number of carbonyl (C=O) groups excluding carboxylic acids is 1. The lowest BCUT2D eigenvalue weighted by molar-refractivity contribution is -0.117. The molecule has 1 aliphatic heterocycles. The van der Waals surface area contributed by atoms with Gasteiger partial charge in [0.2, 0.25) is 23.6 Å². The summed E-state index contributed by atoms with van der Waals surface area (Å²) >= 11 is 0. The second-order valence-electron chi connectivity index (χ2n) is 6.29. The van der Waals surface area contributed by atoms with Gasteiger partial charge in [0, 0.05) is 0 Å². The number of nitrogens with zero attached hydrogens (tertiary/aromatic N) is 3. The molecule has 0 bridgehead atoms. The average Bonchev–Trinajstić information content (AvgIpc) is 2.68. The first-order valence-electron chi connectivity index (χ1n) is 8.72. The Morgan fingerprint density at radius 1 is 1.12 bits per heavy atom. The fourth-order valence-electron chi connectivity index (χ4n) is 3.19. The Morgan fingerprint density at radius 3 is 2.31 bits per heavy atom. The van der Waals surface area contributed by atoms with Gasteiger partial charge in [-0.2, -0.15) is 9.97 Å². The van der Waals surface area contributed by atoms with Crippen LogP contribution < -0.4 is 14.8 Å². The number of hydrogen-bond donors (Lipinski definition) is 1. The fraction of sp³-hybridized carbons (Fsp3) is 0.421. The number of methoxy groups -OCH3 is 2. The molecule has 7 heteroatoms. The van der Waals surface area contributed by atoms with Crippen LogP contribution in [0.1, 0.15) is 24.3 Å². The van der Waals surface area contributed by atoms with Gasteiger partial charge in [0.1, 0.15) is 0 Å². The lowest BCUT2D eigenvalue weighted by Crippen LogP contribution is -2.39. The van der Waals surface area contributed by atoms with Crippen molar-refractivity contribution in [1.29, 1.82) is 0 Å². The molecule has 7 nitrogen and oxygen atoms in total. The Morgan fingerprint density at radius 2 is 1.73 bits per heavy atom. The van der Waals surface area contributed by atoms with E-state index in [2.05, 4.69) is 44.5 Å². The van der Waals surface area contributed by atoms with Gasteiger partial charge in [-0.3, -0.25) is 15.0 Å². The smallest absolute Gasteiger partial charge is 0.240 e. The third kappa shape index (κ3) is 4.70. The van der Waals surface area contributed by atoms with E-state index >= 15 is 0 Å². The molecule has 3 rings (SSSR count). The van der Waals surface area contributed by atoms with Gasteiger partial charge < -0.3 is 9.47 Å². The minimum absolute atomic E-state index is 0.140. The van der Waals surface area contributed by atoms with Crippen LogP contribution in [0.15, 0.2) is 36.4 Å². The van der Waals surface area contributed by atoms with Gasteiger partial charge in [0.15, 0.2) is 0 Å². The minimum atomic E-state index is -0.140. The lowest BCUT2D eigenvalue weighted by Gasteiger charge is -2.31. The molecule has 1 amide bonds. The molecular formula is C19H24N4O3. The molecule has 26 heavy (non-hydrogen) atoms. The first kappa shape index (κ1) is 18.1. The maximum absolute atomic E-state index is 12.3. The van der Waals surface area contributed by atoms with Crippen LogP contribution in [0.4, 0.5) is 5.95 Å². The molecule has 1 aliphatic rings. The van der Waals surface area contributed by atoms with Crippen molar-refractivity contribution in [3.63, 3.8) is 0 Å². The predicted molar refractivity (Wildman–Crippen MR) is 98.6 cm³/mol. The standard InChI is InChI=1S/C19H24N4O3/c1-25-17-12-18(26-2)22-19(21-17)20-16(24)13-23-10-8-15(9-11-23)14-6-4-3-5-7-14/h3-7,12,15H,8-11,13H2,1-2H3,(H,20,21,22,24). The minimum Gasteiger partial charge on any atom is -0.481 e. The lowest BCUT2D eigenvalue weighted by atomic mass is 9.89. The molecule has 2 heterocycles. The number of ether oxygens (including phenoxy) is 2. The predicted octanol–water partition coefficient (Wildman–Crippen LogP) is 2.31. The average molecular weight is 356 g/mol. The molecule has 0 atom stereocenters. The van der Waals surface area contributed by atoms with Crippen LogP contribution in [0.25, 0.3) is 0 Å². The highest BCUT2D eigenvalue weighted by Gasteiger charge is 2.22. The largest absolute Gasteiger partial charge is 0.481 e. The number of nitrogens with one attached hydrogen (secondary N) is 1. The number of benzene rings is 1. The molecule has 0 saturated carbocycles. The van der Waals surface area contributed by atoms with E-state index in [1.807, 2.05) is 6.07 Å². The van der Waals surface area contributed by atoms with Crippen molar-refractivity contribution >= 4 is 11.9 Å². The van der Waals surface area contributed by atoms with Crippen molar-refractivity contribution in [2.45, 2.75) is 18.8 Å². The summed E-state index contributed by atoms with van der Waals surface area (Å²) in [6.45, 7) is 2.12. The maximum Gasteiger partial charge on any atom is 0.240 e. The molecule has 1 N–H and O–H groups in total. The van der Waals surface area contributed by atoms with Crippen molar-refractivity contribution in [3.8, 4) is 11.8 Å². The van der Waals surface area contributed by atoms with Crippen LogP contribution in [0.3, 0.4) is 0 Å². The third-order valence-electron chi connectivity index (χ3n) is 4.57. The number of amides is 1. The molecule has 138 valence electrons. The van der Waals surface area contributed by atoms with Gasteiger partial charge in [-0.05, 0) is 37.4 Å². The molecule has 0 unspecified atom stereocenters. The normalized spacial score (nSPS) is 15.5. The molecular weight excluding hydrogens is 332 g/mol. The van der Waals surface area contributed by atoms with E-state index in [9.17, 15) is 4.79 Å². The van der Waals surface area contributed by atoms with Crippen molar-refractivity contribution in [3.05, 3.63) is 42.0 Å². The number of rotatable bonds is 6. The van der Waals surface area contributed by atoms with Crippen LogP contribution in [0.5, 0.6) is 11.8 Å². The Hall–Kier alpha value is -2.67. The molecule has 0 aliphatic carbocycles. The molecule has 1 aromatic carbocycles. The van der Waals surface area contributed by atoms with E-state index in [1.54, 1.807) is 6.07 Å². The summed E-state index contributed by atoms with van der Waals surface area (Å²) in [6.07, 6.45) is 2.11. The third-order valence-corrected chi connectivity index (χ3v) is 4.57. The number of anilines is 1. The molecule has 1 saturated heterocycles. The highest BCUT2D eigenvalue weighted by Crippen LogP contribution is 2.27. The molecule has 2 aromatic rings. The summed E-state index contributed by atoms with van der Waals surface area (Å²) in [4.78, 5) is 22.7. The second-order valence-corrected chi connectivity index (χ2v) is 6.29. The number of carbonyl (C=O) groups is 1. The van der Waals surface area contributed by atoms with Gasteiger partial charge in [-0.1, -0.05) is 30.3 Å². The summed E-state index contributed by atoms with van der Waals surface area (Å²) in [6, 6.07) is 12.1. The van der Waals surface area contributed by atoms with Crippen molar-refractivity contribution in [2.75, 3.05) is 39.2 Å². The topological polar surface area (TPSA) is 76.6 Å². The number of piperidine rings is 1. The van der Waals surface area contributed by atoms with Gasteiger partial charge in [0.05, 0.1) is 26.8 Å².